The predicted molar refractivity (Wildman–Crippen MR) is 54.9 cm³/mol. The zero-order chi connectivity index (χ0) is 10.1. The van der Waals surface area contributed by atoms with Crippen molar-refractivity contribution in [1.82, 2.24) is 0 Å². The van der Waals surface area contributed by atoms with E-state index < -0.39 is 7.12 Å². The maximum atomic E-state index is 9.08. The van der Waals surface area contributed by atoms with Gasteiger partial charge < -0.3 is 14.8 Å². The van der Waals surface area contributed by atoms with E-state index in [-0.39, 0.29) is 6.10 Å². The highest BCUT2D eigenvalue weighted by molar-refractivity contribution is 6.60. The van der Waals surface area contributed by atoms with Crippen LogP contribution < -0.4 is 10.2 Å². The van der Waals surface area contributed by atoms with Gasteiger partial charge in [0.25, 0.3) is 0 Å². The van der Waals surface area contributed by atoms with Gasteiger partial charge >= 0.3 is 7.12 Å². The monoisotopic (exact) mass is 212 g/mol. The summed E-state index contributed by atoms with van der Waals surface area (Å²) in [4.78, 5) is 0. The lowest BCUT2D eigenvalue weighted by Crippen LogP contribution is -2.31. The molecular formula is C9H10BClO3. The number of benzene rings is 1. The van der Waals surface area contributed by atoms with Crippen molar-refractivity contribution in [2.24, 2.45) is 0 Å². The Kier molecular flexibility index (Phi) is 2.68. The van der Waals surface area contributed by atoms with Crippen LogP contribution in [-0.4, -0.2) is 23.3 Å². The summed E-state index contributed by atoms with van der Waals surface area (Å²) < 4.78 is 5.49. The summed E-state index contributed by atoms with van der Waals surface area (Å²) in [5.74, 6) is 0.506. The Morgan fingerprint density at radius 3 is 2.64 bits per heavy atom. The van der Waals surface area contributed by atoms with E-state index >= 15 is 0 Å². The third-order valence-electron chi connectivity index (χ3n) is 2.07. The molecule has 0 atom stereocenters. The van der Waals surface area contributed by atoms with E-state index in [0.717, 1.165) is 12.8 Å². The van der Waals surface area contributed by atoms with Crippen LogP contribution in [0.2, 0.25) is 5.02 Å². The SMILES string of the molecule is OB(O)c1cc(Cl)ccc1OC1CC1. The molecule has 0 spiro atoms. The van der Waals surface area contributed by atoms with Crippen molar-refractivity contribution in [2.45, 2.75) is 18.9 Å². The van der Waals surface area contributed by atoms with E-state index in [1.807, 2.05) is 0 Å². The van der Waals surface area contributed by atoms with E-state index in [2.05, 4.69) is 0 Å². The molecule has 0 bridgehead atoms. The highest BCUT2D eigenvalue weighted by Gasteiger charge is 2.26. The summed E-state index contributed by atoms with van der Waals surface area (Å²) >= 11 is 5.74. The molecule has 0 aliphatic heterocycles. The molecule has 74 valence electrons. The van der Waals surface area contributed by atoms with Crippen LogP contribution in [0.3, 0.4) is 0 Å². The average Bonchev–Trinajstić information content (AvgIpc) is 2.91. The molecule has 1 aromatic rings. The molecule has 2 rings (SSSR count). The van der Waals surface area contributed by atoms with Gasteiger partial charge in [-0.1, -0.05) is 11.6 Å². The quantitative estimate of drug-likeness (QED) is 0.720. The fourth-order valence-corrected chi connectivity index (χ4v) is 1.37. The van der Waals surface area contributed by atoms with Crippen LogP contribution in [0.1, 0.15) is 12.8 Å². The molecule has 2 N–H and O–H groups in total. The number of ether oxygens (including phenoxy) is 1. The molecule has 1 aliphatic carbocycles. The predicted octanol–water partition coefficient (Wildman–Crippen LogP) is 0.561. The van der Waals surface area contributed by atoms with Crippen LogP contribution in [0.4, 0.5) is 0 Å². The fraction of sp³-hybridized carbons (Fsp3) is 0.333. The lowest BCUT2D eigenvalue weighted by molar-refractivity contribution is 0.304. The molecule has 1 aromatic carbocycles. The second-order valence-electron chi connectivity index (χ2n) is 3.37. The van der Waals surface area contributed by atoms with Crippen LogP contribution in [0.5, 0.6) is 5.75 Å². The maximum absolute atomic E-state index is 9.08. The van der Waals surface area contributed by atoms with Crippen LogP contribution in [0, 0.1) is 0 Å². The van der Waals surface area contributed by atoms with Crippen molar-refractivity contribution in [3.8, 4) is 5.75 Å². The molecule has 0 unspecified atom stereocenters. The first kappa shape index (κ1) is 9.83. The molecular weight excluding hydrogens is 202 g/mol. The van der Waals surface area contributed by atoms with E-state index in [1.165, 1.54) is 6.07 Å². The molecule has 5 heteroatoms. The minimum atomic E-state index is -1.54. The molecule has 1 fully saturated rings. The normalized spacial score (nSPS) is 15.4. The minimum absolute atomic E-state index is 0.230. The van der Waals surface area contributed by atoms with Gasteiger partial charge in [0.1, 0.15) is 5.75 Å². The van der Waals surface area contributed by atoms with Crippen molar-refractivity contribution in [2.75, 3.05) is 0 Å². The zero-order valence-electron chi connectivity index (χ0n) is 7.48. The van der Waals surface area contributed by atoms with Gasteiger partial charge in [-0.15, -0.1) is 0 Å². The third kappa shape index (κ3) is 2.21. The van der Waals surface area contributed by atoms with E-state index in [1.54, 1.807) is 12.1 Å². The maximum Gasteiger partial charge on any atom is 0.492 e. The summed E-state index contributed by atoms with van der Waals surface area (Å²) in [6, 6.07) is 4.84. The molecule has 1 saturated carbocycles. The van der Waals surface area contributed by atoms with Crippen molar-refractivity contribution in [3.63, 3.8) is 0 Å². The lowest BCUT2D eigenvalue weighted by Gasteiger charge is -2.10. The number of rotatable bonds is 3. The molecule has 0 saturated heterocycles. The average molecular weight is 212 g/mol. The minimum Gasteiger partial charge on any atom is -0.491 e. The summed E-state index contributed by atoms with van der Waals surface area (Å²) in [6.07, 6.45) is 2.29. The van der Waals surface area contributed by atoms with E-state index in [0.29, 0.717) is 16.2 Å². The van der Waals surface area contributed by atoms with E-state index in [9.17, 15) is 0 Å². The topological polar surface area (TPSA) is 49.7 Å². The second kappa shape index (κ2) is 3.81. The molecule has 1 aliphatic rings. The number of hydrogen-bond acceptors (Lipinski definition) is 3. The molecule has 0 radical (unpaired) electrons. The van der Waals surface area contributed by atoms with Gasteiger partial charge in [0.2, 0.25) is 0 Å². The first-order valence-corrected chi connectivity index (χ1v) is 4.87. The first-order chi connectivity index (χ1) is 6.66. The largest absolute Gasteiger partial charge is 0.492 e. The Labute approximate surface area is 87.4 Å². The van der Waals surface area contributed by atoms with Crippen LogP contribution >= 0.6 is 11.6 Å². The first-order valence-electron chi connectivity index (χ1n) is 4.49. The van der Waals surface area contributed by atoms with Crippen molar-refractivity contribution in [1.29, 1.82) is 0 Å². The standard InChI is InChI=1S/C9H10BClO3/c11-6-1-4-9(14-7-2-3-7)8(5-6)10(12)13/h1,4-5,7,12-13H,2-3H2. The Balaban J connectivity index is 2.26. The van der Waals surface area contributed by atoms with Gasteiger partial charge in [0.15, 0.2) is 0 Å². The molecule has 3 nitrogen and oxygen atoms in total. The molecule has 14 heavy (non-hydrogen) atoms. The van der Waals surface area contributed by atoms with Crippen molar-refractivity contribution >= 4 is 24.2 Å². The summed E-state index contributed by atoms with van der Waals surface area (Å²) in [5.41, 5.74) is 0.324. The van der Waals surface area contributed by atoms with Gasteiger partial charge in [-0.2, -0.15) is 0 Å². The van der Waals surface area contributed by atoms with E-state index in [4.69, 9.17) is 26.4 Å². The Bertz CT molecular complexity index is 339. The summed E-state index contributed by atoms with van der Waals surface area (Å²) in [6.45, 7) is 0. The highest BCUT2D eigenvalue weighted by atomic mass is 35.5. The molecule has 0 amide bonds. The Morgan fingerprint density at radius 2 is 2.07 bits per heavy atom. The summed E-state index contributed by atoms with van der Waals surface area (Å²) in [5, 5.41) is 18.6. The lowest BCUT2D eigenvalue weighted by atomic mass is 9.79. The Hall–Kier alpha value is -0.705. The van der Waals surface area contributed by atoms with Crippen LogP contribution in [-0.2, 0) is 0 Å². The van der Waals surface area contributed by atoms with Crippen LogP contribution in [0.25, 0.3) is 0 Å². The van der Waals surface area contributed by atoms with Gasteiger partial charge in [0.05, 0.1) is 6.10 Å². The fourth-order valence-electron chi connectivity index (χ4n) is 1.19. The van der Waals surface area contributed by atoms with Gasteiger partial charge in [-0.25, -0.2) is 0 Å². The summed E-state index contributed by atoms with van der Waals surface area (Å²) in [7, 11) is -1.54. The highest BCUT2D eigenvalue weighted by Crippen LogP contribution is 2.26. The molecule has 0 aromatic heterocycles. The molecule has 0 heterocycles. The smallest absolute Gasteiger partial charge is 0.491 e. The zero-order valence-corrected chi connectivity index (χ0v) is 8.24. The number of hydrogen-bond donors (Lipinski definition) is 2. The van der Waals surface area contributed by atoms with Gasteiger partial charge in [0, 0.05) is 10.5 Å². The van der Waals surface area contributed by atoms with Crippen molar-refractivity contribution in [3.05, 3.63) is 23.2 Å². The van der Waals surface area contributed by atoms with Crippen molar-refractivity contribution < 1.29 is 14.8 Å². The van der Waals surface area contributed by atoms with Gasteiger partial charge in [-0.05, 0) is 31.0 Å². The third-order valence-corrected chi connectivity index (χ3v) is 2.30. The number of halogens is 1. The Morgan fingerprint density at radius 1 is 1.36 bits per heavy atom. The van der Waals surface area contributed by atoms with Crippen LogP contribution in [0.15, 0.2) is 18.2 Å². The second-order valence-corrected chi connectivity index (χ2v) is 3.81. The van der Waals surface area contributed by atoms with Gasteiger partial charge in [-0.3, -0.25) is 0 Å².